The van der Waals surface area contributed by atoms with Crippen LogP contribution in [0.15, 0.2) is 109 Å². The summed E-state index contributed by atoms with van der Waals surface area (Å²) in [6, 6.07) is 22.5. The first kappa shape index (κ1) is 54.2. The molecule has 5 aromatic carbocycles. The Bertz CT molecular complexity index is 3260. The Morgan fingerprint density at radius 1 is 0.507 bits per heavy atom. The van der Waals surface area contributed by atoms with E-state index in [1.807, 2.05) is 0 Å². The topological polar surface area (TPSA) is 121 Å². The summed E-state index contributed by atoms with van der Waals surface area (Å²) in [6.07, 6.45) is -13.8. The Hall–Kier alpha value is -8.18. The number of nitrogen functional groups attached to an aromatic ring is 1. The highest BCUT2D eigenvalue weighted by atomic mass is 19.4. The van der Waals surface area contributed by atoms with Crippen LogP contribution in [-0.2, 0) is 46.2 Å². The summed E-state index contributed by atoms with van der Waals surface area (Å²) >= 11 is 0. The third-order valence-electron chi connectivity index (χ3n) is 10.8. The van der Waals surface area contributed by atoms with Crippen LogP contribution >= 0.6 is 0 Å². The van der Waals surface area contributed by atoms with E-state index in [4.69, 9.17) is 5.73 Å². The zero-order valence-electron chi connectivity index (χ0n) is 38.6. The summed E-state index contributed by atoms with van der Waals surface area (Å²) in [5.41, 5.74) is 4.04. The lowest BCUT2D eigenvalue weighted by atomic mass is 10.1. The zero-order valence-corrected chi connectivity index (χ0v) is 38.6. The standard InChI is InChI=1S/C19H14F5N3O.C19H16F5N3.C11H9F4N3/c1-10-4-3-5-13(20)17(10)18(28)25-11-6-7-12(14(21)8-11)15-9-16(19(22,23)24)26-27(15)2;1-11-4-3-5-15(20)14(11)10-25-12-6-7-13(16(21)8-12)17-9-18(19(22,23)24)26-27(17)2;1-18-9(5-10(17-18)11(13,14)15)7-3-2-6(16)4-8(7)12/h3-9H,1-2H3,(H,25,28);3-9,25H,10H2,1-2H3;2-5H,16H2,1H3. The SMILES string of the molecule is Cc1cccc(F)c1C(=O)Nc1ccc(-c2cc(C(F)(F)F)nn2C)c(F)c1.Cc1cccc(F)c1CNc1ccc(-c2cc(C(F)(F)F)nn2C)c(F)c1.Cn1nc(C(F)(F)F)cc1-c1ccc(N)cc1F. The number of amides is 1. The van der Waals surface area contributed by atoms with Crippen LogP contribution in [0.2, 0.25) is 0 Å². The van der Waals surface area contributed by atoms with Crippen molar-refractivity contribution in [3.63, 3.8) is 0 Å². The summed E-state index contributed by atoms with van der Waals surface area (Å²) in [5.74, 6) is -4.10. The van der Waals surface area contributed by atoms with Crippen molar-refractivity contribution in [1.82, 2.24) is 29.3 Å². The number of aromatic nitrogens is 6. The third-order valence-corrected chi connectivity index (χ3v) is 10.8. The van der Waals surface area contributed by atoms with Gasteiger partial charge in [0.15, 0.2) is 17.1 Å². The highest BCUT2D eigenvalue weighted by Gasteiger charge is 2.37. The molecule has 0 bridgehead atoms. The molecule has 0 fully saturated rings. The van der Waals surface area contributed by atoms with Gasteiger partial charge in [0.05, 0.1) is 22.6 Å². The number of nitrogens with two attached hydrogens (primary N) is 1. The van der Waals surface area contributed by atoms with Gasteiger partial charge >= 0.3 is 18.5 Å². The smallest absolute Gasteiger partial charge is 0.399 e. The molecule has 0 aliphatic heterocycles. The van der Waals surface area contributed by atoms with E-state index in [9.17, 15) is 66.3 Å². The van der Waals surface area contributed by atoms with E-state index in [0.29, 0.717) is 16.8 Å². The van der Waals surface area contributed by atoms with E-state index < -0.39 is 64.8 Å². The summed E-state index contributed by atoms with van der Waals surface area (Å²) in [7, 11) is 3.90. The Balaban J connectivity index is 0.000000183. The Labute approximate surface area is 405 Å². The van der Waals surface area contributed by atoms with Gasteiger partial charge < -0.3 is 16.4 Å². The average Bonchev–Trinajstić information content (AvgIpc) is 4.00. The number of nitrogens with zero attached hydrogens (tertiary/aromatic N) is 6. The normalized spacial score (nSPS) is 11.7. The van der Waals surface area contributed by atoms with E-state index in [0.717, 1.165) is 62.1 Å². The molecular formula is C49H39F14N9O. The fourth-order valence-electron chi connectivity index (χ4n) is 7.14. The van der Waals surface area contributed by atoms with E-state index in [1.165, 1.54) is 69.7 Å². The van der Waals surface area contributed by atoms with Gasteiger partial charge in [-0.05, 0) is 110 Å². The molecule has 8 rings (SSSR count). The maximum Gasteiger partial charge on any atom is 0.435 e. The van der Waals surface area contributed by atoms with Crippen LogP contribution in [0.3, 0.4) is 0 Å². The third kappa shape index (κ3) is 12.8. The molecule has 0 saturated carbocycles. The minimum absolute atomic E-state index is 0.00637. The van der Waals surface area contributed by atoms with Crippen molar-refractivity contribution in [3.05, 3.63) is 178 Å². The summed E-state index contributed by atoms with van der Waals surface area (Å²) < 4.78 is 187. The second-order valence-corrected chi connectivity index (χ2v) is 16.0. The predicted octanol–water partition coefficient (Wildman–Crippen LogP) is 13.1. The van der Waals surface area contributed by atoms with Crippen LogP contribution in [0.25, 0.3) is 33.8 Å². The molecule has 1 amide bonds. The number of halogens is 14. The number of alkyl halides is 9. The number of nitrogens with one attached hydrogen (secondary N) is 2. The van der Waals surface area contributed by atoms with E-state index in [-0.39, 0.29) is 63.1 Å². The van der Waals surface area contributed by atoms with Crippen molar-refractivity contribution in [1.29, 1.82) is 0 Å². The van der Waals surface area contributed by atoms with Crippen LogP contribution in [0.4, 0.5) is 78.5 Å². The number of hydrogen-bond acceptors (Lipinski definition) is 6. The Morgan fingerprint density at radius 3 is 1.30 bits per heavy atom. The average molecular weight is 1040 g/mol. The maximum atomic E-state index is 14.5. The number of rotatable bonds is 8. The lowest BCUT2D eigenvalue weighted by Gasteiger charge is -2.11. The number of aryl methyl sites for hydroxylation is 5. The minimum Gasteiger partial charge on any atom is -0.399 e. The van der Waals surface area contributed by atoms with Crippen LogP contribution in [-0.4, -0.2) is 35.2 Å². The molecular weight excluding hydrogens is 997 g/mol. The van der Waals surface area contributed by atoms with Gasteiger partial charge in [0.1, 0.15) is 29.1 Å². The molecule has 4 N–H and O–H groups in total. The van der Waals surface area contributed by atoms with Crippen molar-refractivity contribution >= 4 is 23.0 Å². The first-order chi connectivity index (χ1) is 34.0. The van der Waals surface area contributed by atoms with Crippen molar-refractivity contribution < 1.29 is 66.3 Å². The lowest BCUT2D eigenvalue weighted by Crippen LogP contribution is -2.15. The summed E-state index contributed by atoms with van der Waals surface area (Å²) in [6.45, 7) is 3.48. The zero-order chi connectivity index (χ0) is 53.9. The van der Waals surface area contributed by atoms with Crippen LogP contribution in [0, 0.1) is 42.9 Å². The molecule has 24 heteroatoms. The first-order valence-electron chi connectivity index (χ1n) is 21.1. The van der Waals surface area contributed by atoms with Gasteiger partial charge in [-0.2, -0.15) is 54.8 Å². The molecule has 3 aromatic heterocycles. The number of benzene rings is 5. The van der Waals surface area contributed by atoms with Gasteiger partial charge in [0.25, 0.3) is 5.91 Å². The van der Waals surface area contributed by atoms with Gasteiger partial charge in [-0.25, -0.2) is 22.0 Å². The molecule has 73 heavy (non-hydrogen) atoms. The summed E-state index contributed by atoms with van der Waals surface area (Å²) in [4.78, 5) is 12.3. The lowest BCUT2D eigenvalue weighted by molar-refractivity contribution is -0.142. The number of carbonyl (C=O) groups excluding carboxylic acids is 1. The largest absolute Gasteiger partial charge is 0.435 e. The van der Waals surface area contributed by atoms with Crippen molar-refractivity contribution in [2.75, 3.05) is 16.4 Å². The highest BCUT2D eigenvalue weighted by molar-refractivity contribution is 6.05. The molecule has 10 nitrogen and oxygen atoms in total. The second-order valence-electron chi connectivity index (χ2n) is 16.0. The van der Waals surface area contributed by atoms with Gasteiger partial charge in [0, 0.05) is 67.0 Å². The molecule has 8 aromatic rings. The summed E-state index contributed by atoms with van der Waals surface area (Å²) in [5, 5.41) is 15.3. The molecule has 0 radical (unpaired) electrons. The molecule has 0 aliphatic rings. The van der Waals surface area contributed by atoms with E-state index >= 15 is 0 Å². The predicted molar refractivity (Wildman–Crippen MR) is 243 cm³/mol. The van der Waals surface area contributed by atoms with Gasteiger partial charge in [-0.15, -0.1) is 0 Å². The van der Waals surface area contributed by atoms with Gasteiger partial charge in [0.2, 0.25) is 0 Å². The van der Waals surface area contributed by atoms with E-state index in [1.54, 1.807) is 32.0 Å². The first-order valence-corrected chi connectivity index (χ1v) is 21.1. The van der Waals surface area contributed by atoms with Crippen LogP contribution < -0.4 is 16.4 Å². The monoisotopic (exact) mass is 1040 g/mol. The van der Waals surface area contributed by atoms with Crippen LogP contribution in [0.1, 0.15) is 44.1 Å². The molecule has 3 heterocycles. The maximum absolute atomic E-state index is 14.5. The van der Waals surface area contributed by atoms with Gasteiger partial charge in [-0.1, -0.05) is 24.3 Å². The molecule has 0 atom stereocenters. The van der Waals surface area contributed by atoms with Crippen molar-refractivity contribution in [2.45, 2.75) is 38.9 Å². The molecule has 0 unspecified atom stereocenters. The number of anilines is 3. The van der Waals surface area contributed by atoms with E-state index in [2.05, 4.69) is 25.9 Å². The second kappa shape index (κ2) is 21.3. The van der Waals surface area contributed by atoms with Gasteiger partial charge in [-0.3, -0.25) is 18.8 Å². The van der Waals surface area contributed by atoms with Crippen molar-refractivity contribution in [3.8, 4) is 33.8 Å². The molecule has 384 valence electrons. The number of carbonyl (C=O) groups is 1. The highest BCUT2D eigenvalue weighted by Crippen LogP contribution is 2.36. The molecule has 0 aliphatic carbocycles. The molecule has 0 saturated heterocycles. The van der Waals surface area contributed by atoms with Crippen LogP contribution in [0.5, 0.6) is 0 Å². The Morgan fingerprint density at radius 2 is 0.904 bits per heavy atom. The van der Waals surface area contributed by atoms with Crippen molar-refractivity contribution in [2.24, 2.45) is 21.1 Å². The minimum atomic E-state index is -4.65. The Kier molecular flexibility index (Phi) is 15.8. The number of hydrogen-bond donors (Lipinski definition) is 3. The quantitative estimate of drug-likeness (QED) is 0.103. The molecule has 0 spiro atoms. The fourth-order valence-corrected chi connectivity index (χ4v) is 7.14. The fraction of sp³-hybridized carbons (Fsp3) is 0.184.